The zero-order valence-electron chi connectivity index (χ0n) is 19.9. The molecule has 0 spiro atoms. The molecule has 9 nitrogen and oxygen atoms in total. The minimum atomic E-state index is -0.554. The molecule has 0 N–H and O–H groups in total. The quantitative estimate of drug-likeness (QED) is 0.169. The molecule has 9 heteroatoms. The van der Waals surface area contributed by atoms with Gasteiger partial charge in [-0.3, -0.25) is 14.9 Å². The van der Waals surface area contributed by atoms with Gasteiger partial charge in [0.1, 0.15) is 6.61 Å². The Hall–Kier alpha value is -5.62. The number of nitriles is 1. The summed E-state index contributed by atoms with van der Waals surface area (Å²) in [6, 6.07) is 29.5. The van der Waals surface area contributed by atoms with Crippen LogP contribution < -0.4 is 10.3 Å². The lowest BCUT2D eigenvalue weighted by Gasteiger charge is -2.11. The maximum Gasteiger partial charge on any atom is 0.311 e. The Labute approximate surface area is 216 Å². The predicted molar refractivity (Wildman–Crippen MR) is 143 cm³/mol. The van der Waals surface area contributed by atoms with Gasteiger partial charge in [-0.25, -0.2) is 4.98 Å². The Morgan fingerprint density at radius 2 is 1.71 bits per heavy atom. The summed E-state index contributed by atoms with van der Waals surface area (Å²) in [5, 5.41) is 26.0. The van der Waals surface area contributed by atoms with E-state index in [1.54, 1.807) is 54.6 Å². The van der Waals surface area contributed by atoms with E-state index in [9.17, 15) is 20.2 Å². The van der Waals surface area contributed by atoms with E-state index in [0.29, 0.717) is 33.4 Å². The van der Waals surface area contributed by atoms with E-state index in [1.165, 1.54) is 23.0 Å². The molecule has 184 valence electrons. The van der Waals surface area contributed by atoms with Crippen LogP contribution in [-0.2, 0) is 6.61 Å². The Morgan fingerprint density at radius 1 is 0.974 bits per heavy atom. The fourth-order valence-corrected chi connectivity index (χ4v) is 3.97. The van der Waals surface area contributed by atoms with Crippen molar-refractivity contribution in [2.75, 3.05) is 0 Å². The second-order valence-electron chi connectivity index (χ2n) is 8.19. The summed E-state index contributed by atoms with van der Waals surface area (Å²) < 4.78 is 7.05. The summed E-state index contributed by atoms with van der Waals surface area (Å²) in [5.41, 5.74) is 1.82. The van der Waals surface area contributed by atoms with Crippen LogP contribution in [0.25, 0.3) is 22.3 Å². The molecule has 0 amide bonds. The van der Waals surface area contributed by atoms with Crippen molar-refractivity contribution in [3.63, 3.8) is 0 Å². The standard InChI is InChI=1S/C29H19N5O4/c30-17-21-11-4-5-12-23(21)19-38-27-22(13-8-16-26(27)34(36)37)18-31-33-28(20-9-2-1-3-10-20)32-25-15-7-6-14-24(25)29(33)35/h1-16,18H,19H2. The van der Waals surface area contributed by atoms with Gasteiger partial charge in [-0.15, -0.1) is 0 Å². The molecule has 1 heterocycles. The van der Waals surface area contributed by atoms with Crippen LogP contribution in [0.4, 0.5) is 5.69 Å². The highest BCUT2D eigenvalue weighted by Gasteiger charge is 2.20. The monoisotopic (exact) mass is 501 g/mol. The molecule has 0 saturated carbocycles. The van der Waals surface area contributed by atoms with Crippen LogP contribution in [-0.4, -0.2) is 20.8 Å². The average molecular weight is 502 g/mol. The molecule has 0 aliphatic heterocycles. The molecule has 0 saturated heterocycles. The Morgan fingerprint density at radius 3 is 2.50 bits per heavy atom. The van der Waals surface area contributed by atoms with Crippen molar-refractivity contribution in [1.29, 1.82) is 5.26 Å². The largest absolute Gasteiger partial charge is 0.481 e. The number of aromatic nitrogens is 2. The summed E-state index contributed by atoms with van der Waals surface area (Å²) in [6.45, 7) is -0.0673. The molecule has 0 aliphatic carbocycles. The average Bonchev–Trinajstić information content (AvgIpc) is 2.96. The van der Waals surface area contributed by atoms with Crippen LogP contribution in [0.2, 0.25) is 0 Å². The van der Waals surface area contributed by atoms with Gasteiger partial charge in [0.15, 0.2) is 5.82 Å². The Kier molecular flexibility index (Phi) is 6.69. The van der Waals surface area contributed by atoms with Crippen LogP contribution in [0.3, 0.4) is 0 Å². The van der Waals surface area contributed by atoms with Gasteiger partial charge in [0.2, 0.25) is 5.75 Å². The molecule has 0 fully saturated rings. The van der Waals surface area contributed by atoms with Gasteiger partial charge in [-0.1, -0.05) is 66.7 Å². The summed E-state index contributed by atoms with van der Waals surface area (Å²) in [7, 11) is 0. The number of nitrogens with zero attached hydrogens (tertiary/aromatic N) is 5. The van der Waals surface area contributed by atoms with Gasteiger partial charge in [0, 0.05) is 22.8 Å². The maximum atomic E-state index is 13.4. The zero-order chi connectivity index (χ0) is 26.5. The van der Waals surface area contributed by atoms with Crippen molar-refractivity contribution in [2.45, 2.75) is 6.61 Å². The lowest BCUT2D eigenvalue weighted by atomic mass is 10.1. The smallest absolute Gasteiger partial charge is 0.311 e. The number of hydrogen-bond acceptors (Lipinski definition) is 7. The maximum absolute atomic E-state index is 13.4. The van der Waals surface area contributed by atoms with Gasteiger partial charge in [0.25, 0.3) is 5.56 Å². The summed E-state index contributed by atoms with van der Waals surface area (Å²) in [4.78, 5) is 29.3. The Bertz CT molecular complexity index is 1790. The van der Waals surface area contributed by atoms with Gasteiger partial charge < -0.3 is 4.74 Å². The van der Waals surface area contributed by atoms with E-state index in [1.807, 2.05) is 30.3 Å². The van der Waals surface area contributed by atoms with Crippen molar-refractivity contribution in [3.05, 3.63) is 134 Å². The summed E-state index contributed by atoms with van der Waals surface area (Å²) in [6.07, 6.45) is 1.34. The molecule has 4 aromatic carbocycles. The van der Waals surface area contributed by atoms with Gasteiger partial charge in [-0.05, 0) is 24.3 Å². The first-order chi connectivity index (χ1) is 18.6. The van der Waals surface area contributed by atoms with Crippen LogP contribution in [0.1, 0.15) is 16.7 Å². The van der Waals surface area contributed by atoms with Gasteiger partial charge in [-0.2, -0.15) is 15.0 Å². The second-order valence-corrected chi connectivity index (χ2v) is 8.19. The van der Waals surface area contributed by atoms with Crippen molar-refractivity contribution in [2.24, 2.45) is 5.10 Å². The number of nitro groups is 1. The third-order valence-corrected chi connectivity index (χ3v) is 5.83. The van der Waals surface area contributed by atoms with Gasteiger partial charge >= 0.3 is 5.69 Å². The van der Waals surface area contributed by atoms with E-state index in [2.05, 4.69) is 16.2 Å². The van der Waals surface area contributed by atoms with Crippen LogP contribution >= 0.6 is 0 Å². The third kappa shape index (κ3) is 4.74. The van der Waals surface area contributed by atoms with Crippen molar-refractivity contribution in [3.8, 4) is 23.2 Å². The first-order valence-corrected chi connectivity index (χ1v) is 11.6. The number of nitro benzene ring substituents is 1. The second kappa shape index (κ2) is 10.6. The molecule has 5 aromatic rings. The van der Waals surface area contributed by atoms with Crippen molar-refractivity contribution < 1.29 is 9.66 Å². The summed E-state index contributed by atoms with van der Waals surface area (Å²) >= 11 is 0. The zero-order valence-corrected chi connectivity index (χ0v) is 19.9. The molecule has 0 bridgehead atoms. The van der Waals surface area contributed by atoms with E-state index >= 15 is 0 Å². The molecule has 0 radical (unpaired) electrons. The molecular weight excluding hydrogens is 482 g/mol. The van der Waals surface area contributed by atoms with Crippen LogP contribution in [0.5, 0.6) is 5.75 Å². The van der Waals surface area contributed by atoms with E-state index in [4.69, 9.17) is 4.74 Å². The fraction of sp³-hybridized carbons (Fsp3) is 0.0345. The Balaban J connectivity index is 1.61. The minimum absolute atomic E-state index is 0.0305. The van der Waals surface area contributed by atoms with Crippen molar-refractivity contribution >= 4 is 22.8 Å². The lowest BCUT2D eigenvalue weighted by molar-refractivity contribution is -0.385. The van der Waals surface area contributed by atoms with Crippen LogP contribution in [0, 0.1) is 21.4 Å². The first-order valence-electron chi connectivity index (χ1n) is 11.6. The highest BCUT2D eigenvalue weighted by molar-refractivity contribution is 5.86. The number of rotatable bonds is 7. The number of ether oxygens (including phenoxy) is 1. The molecular formula is C29H19N5O4. The molecule has 0 aliphatic rings. The SMILES string of the molecule is N#Cc1ccccc1COc1c(C=Nn2c(-c3ccccc3)nc3ccccc3c2=O)cccc1[N+](=O)[O-]. The molecule has 0 atom stereocenters. The predicted octanol–water partition coefficient (Wildman–Crippen LogP) is 5.30. The number of hydrogen-bond donors (Lipinski definition) is 0. The molecule has 5 rings (SSSR count). The topological polar surface area (TPSA) is 123 Å². The van der Waals surface area contributed by atoms with Crippen LogP contribution in [0.15, 0.2) is 107 Å². The van der Waals surface area contributed by atoms with E-state index in [-0.39, 0.29) is 29.2 Å². The minimum Gasteiger partial charge on any atom is -0.481 e. The third-order valence-electron chi connectivity index (χ3n) is 5.83. The molecule has 38 heavy (non-hydrogen) atoms. The van der Waals surface area contributed by atoms with Gasteiger partial charge in [0.05, 0.1) is 33.7 Å². The first kappa shape index (κ1) is 24.1. The molecule has 0 unspecified atom stereocenters. The normalized spacial score (nSPS) is 10.9. The lowest BCUT2D eigenvalue weighted by Crippen LogP contribution is -2.20. The fourth-order valence-electron chi connectivity index (χ4n) is 3.97. The number of para-hydroxylation sites is 2. The highest BCUT2D eigenvalue weighted by atomic mass is 16.6. The number of fused-ring (bicyclic) bond motifs is 1. The van der Waals surface area contributed by atoms with E-state index < -0.39 is 4.92 Å². The number of benzene rings is 4. The van der Waals surface area contributed by atoms with E-state index in [0.717, 1.165) is 0 Å². The highest BCUT2D eigenvalue weighted by Crippen LogP contribution is 2.31. The van der Waals surface area contributed by atoms with Crippen molar-refractivity contribution in [1.82, 2.24) is 9.66 Å². The molecule has 1 aromatic heterocycles. The summed E-state index contributed by atoms with van der Waals surface area (Å²) in [5.74, 6) is 0.290.